The minimum Gasteiger partial charge on any atom is -0.480 e. The molecule has 0 aliphatic rings. The number of benzene rings is 1. The van der Waals surface area contributed by atoms with Crippen molar-refractivity contribution in [1.29, 1.82) is 0 Å². The Morgan fingerprint density at radius 3 is 2.17 bits per heavy atom. The number of rotatable bonds is 8. The molecule has 8 heteroatoms. The molecule has 0 bridgehead atoms. The summed E-state index contributed by atoms with van der Waals surface area (Å²) in [6.07, 6.45) is -0.939. The van der Waals surface area contributed by atoms with Crippen molar-refractivity contribution in [3.05, 3.63) is 35.9 Å². The molecule has 0 heterocycles. The molecule has 4 atom stereocenters. The monoisotopic (exact) mass is 337 g/mol. The first-order valence-corrected chi connectivity index (χ1v) is 7.53. The Bertz CT molecular complexity index is 576. The minimum absolute atomic E-state index is 0.270. The summed E-state index contributed by atoms with van der Waals surface area (Å²) in [7, 11) is 0. The highest BCUT2D eigenvalue weighted by Gasteiger charge is 2.29. The molecule has 0 saturated carbocycles. The van der Waals surface area contributed by atoms with Crippen molar-refractivity contribution in [3.8, 4) is 0 Å². The van der Waals surface area contributed by atoms with Crippen molar-refractivity contribution < 1.29 is 24.6 Å². The Morgan fingerprint density at radius 2 is 1.67 bits per heavy atom. The largest absolute Gasteiger partial charge is 0.480 e. The molecule has 0 spiro atoms. The highest BCUT2D eigenvalue weighted by molar-refractivity contribution is 5.92. The van der Waals surface area contributed by atoms with Crippen LogP contribution >= 0.6 is 0 Å². The standard InChI is InChI=1S/C16H23N3O5/c1-9(16(23)24)18-15(22)13(10(2)20)19-14(21)12(17)8-11-6-4-3-5-7-11/h3-7,9-10,12-13,20H,8,17H2,1-2H3,(H,18,22)(H,19,21)(H,23,24)/t9-,10-,12+,13+/m0/s1. The maximum Gasteiger partial charge on any atom is 0.325 e. The Morgan fingerprint density at radius 1 is 1.08 bits per heavy atom. The number of carboxylic acids is 1. The van der Waals surface area contributed by atoms with E-state index in [4.69, 9.17) is 10.8 Å². The molecule has 6 N–H and O–H groups in total. The van der Waals surface area contributed by atoms with Crippen LogP contribution in [-0.4, -0.2) is 52.2 Å². The number of aliphatic hydroxyl groups is 1. The molecular weight excluding hydrogens is 314 g/mol. The number of aliphatic hydroxyl groups excluding tert-OH is 1. The van der Waals surface area contributed by atoms with Crippen LogP contribution in [0.25, 0.3) is 0 Å². The summed E-state index contributed by atoms with van der Waals surface area (Å²) in [4.78, 5) is 34.9. The number of amides is 2. The summed E-state index contributed by atoms with van der Waals surface area (Å²) in [6.45, 7) is 2.60. The summed E-state index contributed by atoms with van der Waals surface area (Å²) < 4.78 is 0. The number of nitrogens with two attached hydrogens (primary N) is 1. The van der Waals surface area contributed by atoms with E-state index in [9.17, 15) is 19.5 Å². The van der Waals surface area contributed by atoms with Crippen molar-refractivity contribution in [2.45, 2.75) is 44.5 Å². The van der Waals surface area contributed by atoms with Crippen LogP contribution in [0.15, 0.2) is 30.3 Å². The zero-order valence-corrected chi connectivity index (χ0v) is 13.6. The maximum absolute atomic E-state index is 12.1. The molecule has 0 aromatic heterocycles. The van der Waals surface area contributed by atoms with Gasteiger partial charge in [-0.2, -0.15) is 0 Å². The van der Waals surface area contributed by atoms with Crippen molar-refractivity contribution in [3.63, 3.8) is 0 Å². The number of hydrogen-bond donors (Lipinski definition) is 5. The molecule has 1 rings (SSSR count). The first kappa shape index (κ1) is 19.6. The minimum atomic E-state index is -1.29. The predicted octanol–water partition coefficient (Wildman–Crippen LogP) is -0.989. The number of nitrogens with one attached hydrogen (secondary N) is 2. The Balaban J connectivity index is 2.68. The first-order chi connectivity index (χ1) is 11.2. The average Bonchev–Trinajstić information content (AvgIpc) is 2.52. The SMILES string of the molecule is C[C@H](NC(=O)[C@H](NC(=O)[C@H](N)Cc1ccccc1)[C@H](C)O)C(=O)O. The first-order valence-electron chi connectivity index (χ1n) is 7.53. The second-order valence-electron chi connectivity index (χ2n) is 5.59. The van der Waals surface area contributed by atoms with Gasteiger partial charge in [-0.15, -0.1) is 0 Å². The normalized spacial score (nSPS) is 15.7. The predicted molar refractivity (Wildman–Crippen MR) is 87.0 cm³/mol. The molecule has 1 aromatic rings. The third kappa shape index (κ3) is 5.98. The van der Waals surface area contributed by atoms with Gasteiger partial charge in [0, 0.05) is 0 Å². The molecule has 132 valence electrons. The van der Waals surface area contributed by atoms with E-state index in [1.807, 2.05) is 30.3 Å². The van der Waals surface area contributed by atoms with Gasteiger partial charge in [0.05, 0.1) is 12.1 Å². The third-order valence-electron chi connectivity index (χ3n) is 3.43. The topological polar surface area (TPSA) is 142 Å². The van der Waals surface area contributed by atoms with Crippen LogP contribution in [-0.2, 0) is 20.8 Å². The highest BCUT2D eigenvalue weighted by atomic mass is 16.4. The van der Waals surface area contributed by atoms with Gasteiger partial charge in [0.1, 0.15) is 12.1 Å². The lowest BCUT2D eigenvalue weighted by molar-refractivity contribution is -0.142. The molecule has 0 saturated heterocycles. The van der Waals surface area contributed by atoms with Gasteiger partial charge < -0.3 is 26.6 Å². The van der Waals surface area contributed by atoms with E-state index in [2.05, 4.69) is 10.6 Å². The van der Waals surface area contributed by atoms with Crippen LogP contribution in [0.4, 0.5) is 0 Å². The van der Waals surface area contributed by atoms with Gasteiger partial charge >= 0.3 is 5.97 Å². The molecule has 0 unspecified atom stereocenters. The zero-order chi connectivity index (χ0) is 18.3. The van der Waals surface area contributed by atoms with Crippen molar-refractivity contribution in [2.24, 2.45) is 5.73 Å². The van der Waals surface area contributed by atoms with E-state index in [-0.39, 0.29) is 6.42 Å². The lowest BCUT2D eigenvalue weighted by Crippen LogP contribution is -2.58. The fourth-order valence-corrected chi connectivity index (χ4v) is 1.99. The van der Waals surface area contributed by atoms with E-state index >= 15 is 0 Å². The van der Waals surface area contributed by atoms with Gasteiger partial charge in [0.15, 0.2) is 0 Å². The van der Waals surface area contributed by atoms with E-state index in [1.54, 1.807) is 0 Å². The van der Waals surface area contributed by atoms with Gasteiger partial charge in [0.25, 0.3) is 0 Å². The lowest BCUT2D eigenvalue weighted by Gasteiger charge is -2.23. The number of hydrogen-bond acceptors (Lipinski definition) is 5. The lowest BCUT2D eigenvalue weighted by atomic mass is 10.0. The van der Waals surface area contributed by atoms with Crippen LogP contribution < -0.4 is 16.4 Å². The fraction of sp³-hybridized carbons (Fsp3) is 0.438. The molecule has 0 radical (unpaired) electrons. The van der Waals surface area contributed by atoms with Gasteiger partial charge in [0.2, 0.25) is 11.8 Å². The van der Waals surface area contributed by atoms with Gasteiger partial charge in [-0.05, 0) is 25.8 Å². The summed E-state index contributed by atoms with van der Waals surface area (Å²) in [6, 6.07) is 5.78. The molecule has 0 fully saturated rings. The van der Waals surface area contributed by atoms with Crippen molar-refractivity contribution in [2.75, 3.05) is 0 Å². The second kappa shape index (κ2) is 8.99. The highest BCUT2D eigenvalue weighted by Crippen LogP contribution is 2.03. The van der Waals surface area contributed by atoms with E-state index in [0.29, 0.717) is 0 Å². The van der Waals surface area contributed by atoms with Crippen LogP contribution in [0.2, 0.25) is 0 Å². The Kier molecular flexibility index (Phi) is 7.34. The smallest absolute Gasteiger partial charge is 0.325 e. The van der Waals surface area contributed by atoms with Crippen molar-refractivity contribution in [1.82, 2.24) is 10.6 Å². The van der Waals surface area contributed by atoms with Crippen LogP contribution in [0.5, 0.6) is 0 Å². The van der Waals surface area contributed by atoms with Gasteiger partial charge in [-0.25, -0.2) is 0 Å². The summed E-state index contributed by atoms with van der Waals surface area (Å²) in [5.74, 6) is -2.62. The van der Waals surface area contributed by atoms with Crippen molar-refractivity contribution >= 4 is 17.8 Å². The Hall–Kier alpha value is -2.45. The quantitative estimate of drug-likeness (QED) is 0.412. The van der Waals surface area contributed by atoms with Crippen LogP contribution in [0, 0.1) is 0 Å². The van der Waals surface area contributed by atoms with Crippen LogP contribution in [0.3, 0.4) is 0 Å². The van der Waals surface area contributed by atoms with E-state index in [0.717, 1.165) is 5.56 Å². The third-order valence-corrected chi connectivity index (χ3v) is 3.43. The molecule has 2 amide bonds. The van der Waals surface area contributed by atoms with Gasteiger partial charge in [-0.1, -0.05) is 30.3 Å². The second-order valence-corrected chi connectivity index (χ2v) is 5.59. The number of aliphatic carboxylic acids is 1. The fourth-order valence-electron chi connectivity index (χ4n) is 1.99. The maximum atomic E-state index is 12.1. The average molecular weight is 337 g/mol. The number of carbonyl (C=O) groups excluding carboxylic acids is 2. The van der Waals surface area contributed by atoms with E-state index in [1.165, 1.54) is 13.8 Å². The van der Waals surface area contributed by atoms with Crippen LogP contribution in [0.1, 0.15) is 19.4 Å². The molecule has 24 heavy (non-hydrogen) atoms. The number of carboxylic acid groups (broad SMARTS) is 1. The molecule has 8 nitrogen and oxygen atoms in total. The summed E-state index contributed by atoms with van der Waals surface area (Å²) in [5.41, 5.74) is 6.69. The zero-order valence-electron chi connectivity index (χ0n) is 13.6. The summed E-state index contributed by atoms with van der Waals surface area (Å²) in [5, 5.41) is 23.1. The van der Waals surface area contributed by atoms with E-state index < -0.39 is 42.0 Å². The molecule has 1 aromatic carbocycles. The molecule has 0 aliphatic heterocycles. The van der Waals surface area contributed by atoms with Gasteiger partial charge in [-0.3, -0.25) is 14.4 Å². The number of carbonyl (C=O) groups is 3. The molecular formula is C16H23N3O5. The Labute approximate surface area is 140 Å². The summed E-state index contributed by atoms with van der Waals surface area (Å²) >= 11 is 0. The molecule has 0 aliphatic carbocycles.